The van der Waals surface area contributed by atoms with Gasteiger partial charge in [0, 0.05) is 17.1 Å². The molecular weight excluding hydrogens is 334 g/mol. The van der Waals surface area contributed by atoms with Crippen molar-refractivity contribution in [1.29, 1.82) is 0 Å². The van der Waals surface area contributed by atoms with E-state index in [9.17, 15) is 5.11 Å². The summed E-state index contributed by atoms with van der Waals surface area (Å²) in [6, 6.07) is 25.6. The highest BCUT2D eigenvalue weighted by Crippen LogP contribution is 2.35. The molecule has 0 aliphatic carbocycles. The van der Waals surface area contributed by atoms with Crippen molar-refractivity contribution in [2.75, 3.05) is 11.5 Å². The Hall–Kier alpha value is -2.94. The lowest BCUT2D eigenvalue weighted by Gasteiger charge is -2.25. The summed E-state index contributed by atoms with van der Waals surface area (Å²) in [4.78, 5) is 2.16. The first kappa shape index (κ1) is 18.8. The van der Waals surface area contributed by atoms with Gasteiger partial charge >= 0.3 is 0 Å². The summed E-state index contributed by atoms with van der Waals surface area (Å²) in [7, 11) is 0. The van der Waals surface area contributed by atoms with E-state index in [-0.39, 0.29) is 5.75 Å². The molecule has 3 rings (SSSR count). The van der Waals surface area contributed by atoms with Crippen molar-refractivity contribution in [2.45, 2.75) is 32.6 Å². The highest BCUT2D eigenvalue weighted by molar-refractivity contribution is 5.76. The number of anilines is 3. The molecule has 0 heterocycles. The van der Waals surface area contributed by atoms with Gasteiger partial charge in [-0.05, 0) is 67.1 Å². The van der Waals surface area contributed by atoms with Crippen LogP contribution < -0.4 is 9.64 Å². The third-order valence-electron chi connectivity index (χ3n) is 4.48. The molecule has 27 heavy (non-hydrogen) atoms. The number of hydrogen-bond acceptors (Lipinski definition) is 3. The van der Waals surface area contributed by atoms with Gasteiger partial charge in [0.05, 0.1) is 6.61 Å². The first-order chi connectivity index (χ1) is 13.3. The molecule has 0 saturated heterocycles. The number of benzene rings is 3. The Morgan fingerprint density at radius 3 is 1.93 bits per heavy atom. The largest absolute Gasteiger partial charge is 0.508 e. The second-order valence-corrected chi connectivity index (χ2v) is 6.59. The van der Waals surface area contributed by atoms with Crippen molar-refractivity contribution < 1.29 is 9.84 Å². The van der Waals surface area contributed by atoms with E-state index in [1.54, 1.807) is 12.1 Å². The third kappa shape index (κ3) is 5.27. The molecule has 3 heteroatoms. The standard InChI is InChI=1S/C24H27NO2/c1-2-3-4-8-19-27-24-17-13-22(14-18-24)25(20-9-6-5-7-10-20)21-11-15-23(26)16-12-21/h5-7,9-18,26H,2-4,8,19H2,1H3. The smallest absolute Gasteiger partial charge is 0.119 e. The summed E-state index contributed by atoms with van der Waals surface area (Å²) in [6.45, 7) is 2.98. The van der Waals surface area contributed by atoms with Crippen LogP contribution >= 0.6 is 0 Å². The monoisotopic (exact) mass is 361 g/mol. The molecule has 0 unspecified atom stereocenters. The Morgan fingerprint density at radius 1 is 0.704 bits per heavy atom. The molecule has 3 aromatic carbocycles. The van der Waals surface area contributed by atoms with Crippen LogP contribution in [0.4, 0.5) is 17.1 Å². The maximum Gasteiger partial charge on any atom is 0.119 e. The van der Waals surface area contributed by atoms with Crippen molar-refractivity contribution in [3.8, 4) is 11.5 Å². The molecule has 0 aliphatic rings. The second-order valence-electron chi connectivity index (χ2n) is 6.59. The van der Waals surface area contributed by atoms with Crippen molar-refractivity contribution >= 4 is 17.1 Å². The van der Waals surface area contributed by atoms with Crippen LogP contribution in [-0.2, 0) is 0 Å². The topological polar surface area (TPSA) is 32.7 Å². The quantitative estimate of drug-likeness (QED) is 0.424. The zero-order chi connectivity index (χ0) is 18.9. The Balaban J connectivity index is 1.77. The van der Waals surface area contributed by atoms with Crippen LogP contribution in [0.1, 0.15) is 32.6 Å². The van der Waals surface area contributed by atoms with Gasteiger partial charge in [-0.3, -0.25) is 0 Å². The molecule has 0 bridgehead atoms. The molecule has 3 nitrogen and oxygen atoms in total. The molecule has 0 atom stereocenters. The number of rotatable bonds is 9. The molecular formula is C24H27NO2. The Morgan fingerprint density at radius 2 is 1.30 bits per heavy atom. The molecule has 0 aromatic heterocycles. The van der Waals surface area contributed by atoms with Crippen LogP contribution in [0.25, 0.3) is 0 Å². The molecule has 0 amide bonds. The highest BCUT2D eigenvalue weighted by atomic mass is 16.5. The maximum atomic E-state index is 9.62. The van der Waals surface area contributed by atoms with Crippen LogP contribution in [0.15, 0.2) is 78.9 Å². The van der Waals surface area contributed by atoms with Crippen molar-refractivity contribution in [3.05, 3.63) is 78.9 Å². The summed E-state index contributed by atoms with van der Waals surface area (Å²) in [5.41, 5.74) is 3.11. The van der Waals surface area contributed by atoms with Gasteiger partial charge in [0.25, 0.3) is 0 Å². The molecule has 140 valence electrons. The first-order valence-corrected chi connectivity index (χ1v) is 9.65. The van der Waals surface area contributed by atoms with Crippen molar-refractivity contribution in [1.82, 2.24) is 0 Å². The summed E-state index contributed by atoms with van der Waals surface area (Å²) >= 11 is 0. The molecule has 0 radical (unpaired) electrons. The molecule has 0 saturated carbocycles. The minimum absolute atomic E-state index is 0.263. The molecule has 1 N–H and O–H groups in total. The fourth-order valence-corrected chi connectivity index (χ4v) is 3.04. The second kappa shape index (κ2) is 9.67. The average Bonchev–Trinajstić information content (AvgIpc) is 2.71. The van der Waals surface area contributed by atoms with Gasteiger partial charge in [-0.1, -0.05) is 44.4 Å². The summed E-state index contributed by atoms with van der Waals surface area (Å²) < 4.78 is 5.86. The summed E-state index contributed by atoms with van der Waals surface area (Å²) in [6.07, 6.45) is 4.82. The lowest BCUT2D eigenvalue weighted by atomic mass is 10.2. The van der Waals surface area contributed by atoms with Gasteiger partial charge < -0.3 is 14.7 Å². The van der Waals surface area contributed by atoms with Crippen molar-refractivity contribution in [2.24, 2.45) is 0 Å². The van der Waals surface area contributed by atoms with E-state index < -0.39 is 0 Å². The van der Waals surface area contributed by atoms with Crippen molar-refractivity contribution in [3.63, 3.8) is 0 Å². The van der Waals surface area contributed by atoms with E-state index in [1.807, 2.05) is 42.5 Å². The number of unbranched alkanes of at least 4 members (excludes halogenated alkanes) is 3. The number of ether oxygens (including phenoxy) is 1. The van der Waals surface area contributed by atoms with Crippen LogP contribution in [-0.4, -0.2) is 11.7 Å². The van der Waals surface area contributed by atoms with Crippen LogP contribution in [0.3, 0.4) is 0 Å². The maximum absolute atomic E-state index is 9.62. The zero-order valence-electron chi connectivity index (χ0n) is 15.8. The van der Waals surface area contributed by atoms with Gasteiger partial charge in [0.1, 0.15) is 11.5 Å². The number of phenolic OH excluding ortho intramolecular Hbond substituents is 1. The number of para-hydroxylation sites is 1. The normalized spacial score (nSPS) is 10.6. The lowest BCUT2D eigenvalue weighted by Crippen LogP contribution is -2.09. The molecule has 0 aliphatic heterocycles. The predicted molar refractivity (Wildman–Crippen MR) is 112 cm³/mol. The fraction of sp³-hybridized carbons (Fsp3) is 0.250. The van der Waals surface area contributed by atoms with Crippen LogP contribution in [0.2, 0.25) is 0 Å². The summed E-state index contributed by atoms with van der Waals surface area (Å²) in [5, 5.41) is 9.62. The van der Waals surface area contributed by atoms with Gasteiger partial charge in [-0.2, -0.15) is 0 Å². The Bertz CT molecular complexity index is 798. The van der Waals surface area contributed by atoms with Crippen LogP contribution in [0, 0.1) is 0 Å². The number of nitrogens with zero attached hydrogens (tertiary/aromatic N) is 1. The van der Waals surface area contributed by atoms with E-state index >= 15 is 0 Å². The van der Waals surface area contributed by atoms with Gasteiger partial charge in [-0.25, -0.2) is 0 Å². The van der Waals surface area contributed by atoms with Crippen LogP contribution in [0.5, 0.6) is 11.5 Å². The predicted octanol–water partition coefficient (Wildman–Crippen LogP) is 6.82. The third-order valence-corrected chi connectivity index (χ3v) is 4.48. The van der Waals surface area contributed by atoms with Gasteiger partial charge in [0.15, 0.2) is 0 Å². The van der Waals surface area contributed by atoms with Gasteiger partial charge in [-0.15, -0.1) is 0 Å². The zero-order valence-corrected chi connectivity index (χ0v) is 15.8. The van der Waals surface area contributed by atoms with E-state index in [2.05, 4.69) is 36.1 Å². The summed E-state index contributed by atoms with van der Waals surface area (Å²) in [5.74, 6) is 1.16. The van der Waals surface area contributed by atoms with E-state index in [0.717, 1.165) is 35.8 Å². The van der Waals surface area contributed by atoms with E-state index in [4.69, 9.17) is 4.74 Å². The average molecular weight is 361 g/mol. The number of aromatic hydroxyl groups is 1. The van der Waals surface area contributed by atoms with E-state index in [1.165, 1.54) is 19.3 Å². The SMILES string of the molecule is CCCCCCOc1ccc(N(c2ccccc2)c2ccc(O)cc2)cc1. The fourth-order valence-electron chi connectivity index (χ4n) is 3.04. The molecule has 0 spiro atoms. The molecule has 3 aromatic rings. The minimum Gasteiger partial charge on any atom is -0.508 e. The minimum atomic E-state index is 0.263. The number of phenols is 1. The van der Waals surface area contributed by atoms with Gasteiger partial charge in [0.2, 0.25) is 0 Å². The molecule has 0 fully saturated rings. The Kier molecular flexibility index (Phi) is 6.75. The Labute approximate surface area is 161 Å². The first-order valence-electron chi connectivity index (χ1n) is 9.65. The van der Waals surface area contributed by atoms with E-state index in [0.29, 0.717) is 0 Å². The lowest BCUT2D eigenvalue weighted by molar-refractivity contribution is 0.305. The number of hydrogen-bond donors (Lipinski definition) is 1. The highest BCUT2D eigenvalue weighted by Gasteiger charge is 2.12.